The number of phenolic OH excluding ortho intramolecular Hbond substituents is 1. The third-order valence-electron chi connectivity index (χ3n) is 4.39. The second-order valence-corrected chi connectivity index (χ2v) is 7.49. The fourth-order valence-corrected chi connectivity index (χ4v) is 3.28. The van der Waals surface area contributed by atoms with Gasteiger partial charge in [0.05, 0.1) is 27.2 Å². The molecule has 1 aliphatic heterocycles. The van der Waals surface area contributed by atoms with Gasteiger partial charge in [0, 0.05) is 25.2 Å². The molecule has 1 aliphatic rings. The van der Waals surface area contributed by atoms with Crippen molar-refractivity contribution < 1.29 is 9.90 Å². The molecule has 1 amide bonds. The Morgan fingerprint density at radius 1 is 1.12 bits per heavy atom. The van der Waals surface area contributed by atoms with Crippen molar-refractivity contribution in [1.82, 2.24) is 19.6 Å². The number of nitrogens with one attached hydrogen (secondary N) is 1. The predicted molar refractivity (Wildman–Crippen MR) is 101 cm³/mol. The number of amides is 1. The number of halogens is 1. The summed E-state index contributed by atoms with van der Waals surface area (Å²) in [4.78, 5) is 13.2. The molecule has 2 aromatic rings. The van der Waals surface area contributed by atoms with E-state index in [0.717, 1.165) is 5.69 Å². The average Bonchev–Trinajstić information content (AvgIpc) is 2.80. The van der Waals surface area contributed by atoms with Crippen LogP contribution < -0.4 is 14.6 Å². The molecular formula is C18H23ClN4O2+2. The second kappa shape index (κ2) is 6.09. The largest absolute Gasteiger partial charge is 0.503 e. The molecule has 1 heterocycles. The number of benzene rings is 2. The number of carbonyl (C=O) groups excluding carboxylic acids is 1. The van der Waals surface area contributed by atoms with Crippen LogP contribution in [0.1, 0.15) is 0 Å². The van der Waals surface area contributed by atoms with E-state index in [1.165, 1.54) is 0 Å². The number of hydrogen-bond acceptors (Lipinski definition) is 4. The summed E-state index contributed by atoms with van der Waals surface area (Å²) in [5.74, 6) is -0.0155. The van der Waals surface area contributed by atoms with Crippen LogP contribution in [-0.4, -0.2) is 49.7 Å². The van der Waals surface area contributed by atoms with E-state index < -0.39 is 5.50 Å². The highest BCUT2D eigenvalue weighted by atomic mass is 35.5. The molecule has 6 nitrogen and oxygen atoms in total. The van der Waals surface area contributed by atoms with Crippen molar-refractivity contribution in [2.75, 3.05) is 28.2 Å². The Balaban J connectivity index is 2.27. The van der Waals surface area contributed by atoms with Crippen molar-refractivity contribution in [3.63, 3.8) is 0 Å². The van der Waals surface area contributed by atoms with E-state index in [9.17, 15) is 9.90 Å². The highest BCUT2D eigenvalue weighted by Gasteiger charge is 2.55. The van der Waals surface area contributed by atoms with Crippen LogP contribution in [0.2, 0.25) is 0 Å². The number of alkyl halides is 1. The van der Waals surface area contributed by atoms with Crippen molar-refractivity contribution in [2.45, 2.75) is 5.50 Å². The highest BCUT2D eigenvalue weighted by molar-refractivity contribution is 6.32. The minimum Gasteiger partial charge on any atom is -0.503 e. The summed E-state index contributed by atoms with van der Waals surface area (Å²) in [5.41, 5.74) is 4.54. The molecule has 0 aromatic heterocycles. The lowest BCUT2D eigenvalue weighted by atomic mass is 10.1. The minimum absolute atomic E-state index is 0.185. The van der Waals surface area contributed by atoms with Gasteiger partial charge < -0.3 is 5.11 Å². The van der Waals surface area contributed by atoms with Gasteiger partial charge in [0.25, 0.3) is 0 Å². The highest BCUT2D eigenvalue weighted by Crippen LogP contribution is 2.42. The standard InChI is InChI=1S/C18H22ClN4O2/c1-21-17(19)18(25)23(20-21,13-8-6-5-7-9-13)14-10-11-16(24)15(12-14)22(2,3)4/h5-12,17,20H,1-4H3/q+1/p+1. The summed E-state index contributed by atoms with van der Waals surface area (Å²) in [5, 5.41) is 11.9. The van der Waals surface area contributed by atoms with Gasteiger partial charge in [-0.25, -0.2) is 4.79 Å². The maximum atomic E-state index is 13.2. The first-order valence-corrected chi connectivity index (χ1v) is 8.41. The smallest absolute Gasteiger partial charge is 0.378 e. The van der Waals surface area contributed by atoms with Crippen LogP contribution in [0.25, 0.3) is 0 Å². The van der Waals surface area contributed by atoms with E-state index >= 15 is 0 Å². The summed E-state index contributed by atoms with van der Waals surface area (Å²) in [6.07, 6.45) is 0. The fraction of sp³-hybridized carbons (Fsp3) is 0.278. The van der Waals surface area contributed by atoms with Crippen molar-refractivity contribution in [2.24, 2.45) is 0 Å². The van der Waals surface area contributed by atoms with Gasteiger partial charge in [-0.1, -0.05) is 35.3 Å². The third kappa shape index (κ3) is 2.82. The van der Waals surface area contributed by atoms with Gasteiger partial charge in [0.1, 0.15) is 0 Å². The van der Waals surface area contributed by atoms with Crippen molar-refractivity contribution in [3.05, 3.63) is 48.5 Å². The Hall–Kier alpha value is -1.96. The second-order valence-electron chi connectivity index (χ2n) is 7.08. The van der Waals surface area contributed by atoms with Crippen LogP contribution in [-0.2, 0) is 4.79 Å². The Bertz CT molecular complexity index is 806. The minimum atomic E-state index is -0.804. The molecule has 25 heavy (non-hydrogen) atoms. The van der Waals surface area contributed by atoms with Gasteiger partial charge in [-0.05, 0) is 6.07 Å². The van der Waals surface area contributed by atoms with Crippen LogP contribution in [0, 0.1) is 0 Å². The lowest BCUT2D eigenvalue weighted by Crippen LogP contribution is -2.55. The molecule has 0 saturated carbocycles. The number of likely N-dealkylation sites (N-methyl/N-ethyl adjacent to an activating group) is 1. The van der Waals surface area contributed by atoms with Crippen molar-refractivity contribution >= 4 is 34.6 Å². The summed E-state index contributed by atoms with van der Waals surface area (Å²) in [7, 11) is 7.61. The van der Waals surface area contributed by atoms with Crippen LogP contribution in [0.15, 0.2) is 48.5 Å². The summed E-state index contributed by atoms with van der Waals surface area (Å²) < 4.78 is 0.182. The van der Waals surface area contributed by atoms with Gasteiger partial charge in [-0.2, -0.15) is 5.01 Å². The molecule has 0 radical (unpaired) electrons. The van der Waals surface area contributed by atoms with E-state index in [-0.39, 0.29) is 16.2 Å². The van der Waals surface area contributed by atoms with Crippen molar-refractivity contribution in [3.8, 4) is 5.75 Å². The number of carbonyl (C=O) groups is 1. The molecule has 3 rings (SSSR count). The number of phenols is 1. The first kappa shape index (κ1) is 17.8. The molecule has 2 atom stereocenters. The summed E-state index contributed by atoms with van der Waals surface area (Å²) in [6.45, 7) is 0. The van der Waals surface area contributed by atoms with Crippen LogP contribution in [0.5, 0.6) is 5.75 Å². The van der Waals surface area contributed by atoms with Crippen molar-refractivity contribution in [1.29, 1.82) is 0 Å². The van der Waals surface area contributed by atoms with Gasteiger partial charge in [-0.15, -0.1) is 4.59 Å². The van der Waals surface area contributed by atoms with Gasteiger partial charge in [0.2, 0.25) is 5.50 Å². The molecule has 2 N–H and O–H groups in total. The monoisotopic (exact) mass is 362 g/mol. The summed E-state index contributed by atoms with van der Waals surface area (Å²) >= 11 is 6.30. The maximum Gasteiger partial charge on any atom is 0.378 e. The van der Waals surface area contributed by atoms with Crippen LogP contribution in [0.3, 0.4) is 0 Å². The molecule has 0 aliphatic carbocycles. The number of quaternary nitrogens is 2. The Morgan fingerprint density at radius 3 is 2.28 bits per heavy atom. The molecule has 132 valence electrons. The number of hydrogen-bond donors (Lipinski definition) is 2. The Kier molecular flexibility index (Phi) is 4.35. The number of nitrogens with zero attached hydrogens (tertiary/aromatic N) is 3. The zero-order valence-electron chi connectivity index (χ0n) is 14.8. The fourth-order valence-electron chi connectivity index (χ4n) is 3.09. The lowest BCUT2D eigenvalue weighted by molar-refractivity contribution is -0.125. The van der Waals surface area contributed by atoms with E-state index in [4.69, 9.17) is 11.6 Å². The third-order valence-corrected chi connectivity index (χ3v) is 4.87. The molecule has 1 fully saturated rings. The summed E-state index contributed by atoms with van der Waals surface area (Å²) in [6, 6.07) is 14.6. The predicted octanol–water partition coefficient (Wildman–Crippen LogP) is 2.68. The zero-order valence-corrected chi connectivity index (χ0v) is 15.5. The molecule has 1 saturated heterocycles. The lowest BCUT2D eigenvalue weighted by Gasteiger charge is -2.31. The normalized spacial score (nSPS) is 24.7. The SMILES string of the molecule is CN1N[N+](c2ccccc2)(c2ccc(O)c([N+](C)(C)C)c2)C(=O)C1Cl. The number of rotatable bonds is 3. The van der Waals surface area contributed by atoms with Gasteiger partial charge in [0.15, 0.2) is 22.8 Å². The van der Waals surface area contributed by atoms with E-state index in [2.05, 4.69) is 5.53 Å². The number of para-hydroxylation sites is 1. The zero-order chi connectivity index (χ0) is 18.4. The van der Waals surface area contributed by atoms with Gasteiger partial charge in [-0.3, -0.25) is 4.48 Å². The average molecular weight is 363 g/mol. The van der Waals surface area contributed by atoms with Crippen LogP contribution >= 0.6 is 11.6 Å². The Morgan fingerprint density at radius 2 is 1.76 bits per heavy atom. The molecule has 0 spiro atoms. The van der Waals surface area contributed by atoms with E-state index in [1.54, 1.807) is 24.2 Å². The molecular weight excluding hydrogens is 340 g/mol. The first-order valence-electron chi connectivity index (χ1n) is 7.97. The number of hydrazine groups is 1. The first-order chi connectivity index (χ1) is 11.7. The van der Waals surface area contributed by atoms with E-state index in [1.807, 2.05) is 57.5 Å². The van der Waals surface area contributed by atoms with E-state index in [0.29, 0.717) is 15.9 Å². The molecule has 0 bridgehead atoms. The molecule has 2 unspecified atom stereocenters. The maximum absolute atomic E-state index is 13.2. The Labute approximate surface area is 152 Å². The topological polar surface area (TPSA) is 52.6 Å². The molecule has 2 aromatic carbocycles. The molecule has 7 heteroatoms. The van der Waals surface area contributed by atoms with Gasteiger partial charge >= 0.3 is 5.91 Å². The number of aromatic hydroxyl groups is 1. The van der Waals surface area contributed by atoms with Crippen LogP contribution in [0.4, 0.5) is 17.1 Å². The quantitative estimate of drug-likeness (QED) is 0.501.